The molecule has 0 aromatic heterocycles. The van der Waals surface area contributed by atoms with Gasteiger partial charge < -0.3 is 9.47 Å². The van der Waals surface area contributed by atoms with Crippen LogP contribution in [0.15, 0.2) is 18.2 Å². The van der Waals surface area contributed by atoms with Crippen molar-refractivity contribution in [2.45, 2.75) is 45.7 Å². The number of benzene rings is 1. The van der Waals surface area contributed by atoms with Crippen LogP contribution in [-0.4, -0.2) is 19.2 Å². The number of carbonyl (C=O) groups excluding carboxylic acids is 1. The lowest BCUT2D eigenvalue weighted by Crippen LogP contribution is -2.12. The first-order chi connectivity index (χ1) is 10.4. The summed E-state index contributed by atoms with van der Waals surface area (Å²) >= 11 is 0. The Labute approximate surface area is 128 Å². The van der Waals surface area contributed by atoms with Crippen molar-refractivity contribution >= 4 is 5.97 Å². The molecule has 0 aliphatic heterocycles. The first kappa shape index (κ1) is 18.3. The Morgan fingerprint density at radius 3 is 2.32 bits per heavy atom. The van der Waals surface area contributed by atoms with Gasteiger partial charge in [0.25, 0.3) is 0 Å². The quantitative estimate of drug-likeness (QED) is 0.508. The van der Waals surface area contributed by atoms with E-state index in [4.69, 9.17) is 9.47 Å². The minimum atomic E-state index is -4.48. The fourth-order valence-electron chi connectivity index (χ4n) is 1.70. The molecule has 124 valence electrons. The van der Waals surface area contributed by atoms with Crippen molar-refractivity contribution in [2.75, 3.05) is 13.2 Å². The van der Waals surface area contributed by atoms with Crippen LogP contribution in [0.1, 0.15) is 55.5 Å². The lowest BCUT2D eigenvalue weighted by molar-refractivity contribution is -0.137. The lowest BCUT2D eigenvalue weighted by atomic mass is 10.1. The van der Waals surface area contributed by atoms with Crippen LogP contribution in [-0.2, 0) is 10.9 Å². The van der Waals surface area contributed by atoms with Gasteiger partial charge in [-0.25, -0.2) is 4.79 Å². The highest BCUT2D eigenvalue weighted by molar-refractivity contribution is 5.92. The number of rotatable bonds is 8. The van der Waals surface area contributed by atoms with Crippen molar-refractivity contribution < 1.29 is 27.4 Å². The first-order valence-electron chi connectivity index (χ1n) is 7.41. The van der Waals surface area contributed by atoms with Crippen LogP contribution in [0.5, 0.6) is 5.75 Å². The standard InChI is InChI=1S/C16H21F3O3/c1-3-5-9-21-14-11-12(16(17,18)19)7-8-13(14)15(20)22-10-6-4-2/h7-8,11H,3-6,9-10H2,1-2H3. The van der Waals surface area contributed by atoms with Crippen LogP contribution in [0.4, 0.5) is 13.2 Å². The van der Waals surface area contributed by atoms with E-state index in [1.54, 1.807) is 0 Å². The smallest absolute Gasteiger partial charge is 0.416 e. The van der Waals surface area contributed by atoms with Gasteiger partial charge in [0.2, 0.25) is 0 Å². The predicted octanol–water partition coefficient (Wildman–Crippen LogP) is 4.84. The molecule has 0 aliphatic rings. The summed E-state index contributed by atoms with van der Waals surface area (Å²) in [6.45, 7) is 4.39. The Hall–Kier alpha value is -1.72. The number of halogens is 3. The maximum atomic E-state index is 12.8. The monoisotopic (exact) mass is 318 g/mol. The number of alkyl halides is 3. The van der Waals surface area contributed by atoms with Crippen molar-refractivity contribution in [1.29, 1.82) is 0 Å². The van der Waals surface area contributed by atoms with E-state index in [0.717, 1.165) is 31.0 Å². The fourth-order valence-corrected chi connectivity index (χ4v) is 1.70. The van der Waals surface area contributed by atoms with Crippen LogP contribution >= 0.6 is 0 Å². The summed E-state index contributed by atoms with van der Waals surface area (Å²) in [4.78, 5) is 12.0. The van der Waals surface area contributed by atoms with Gasteiger partial charge in [-0.2, -0.15) is 13.2 Å². The molecular formula is C16H21F3O3. The highest BCUT2D eigenvalue weighted by Gasteiger charge is 2.32. The van der Waals surface area contributed by atoms with E-state index in [0.29, 0.717) is 12.8 Å². The second-order valence-corrected chi connectivity index (χ2v) is 4.90. The average Bonchev–Trinajstić information content (AvgIpc) is 2.46. The SMILES string of the molecule is CCCCOC(=O)c1ccc(C(F)(F)F)cc1OCCCC. The van der Waals surface area contributed by atoms with Gasteiger partial charge in [-0.15, -0.1) is 0 Å². The van der Waals surface area contributed by atoms with Gasteiger partial charge in [-0.05, 0) is 31.0 Å². The van der Waals surface area contributed by atoms with Crippen molar-refractivity contribution in [3.05, 3.63) is 29.3 Å². The van der Waals surface area contributed by atoms with E-state index in [-0.39, 0.29) is 24.5 Å². The molecule has 0 N–H and O–H groups in total. The molecule has 0 spiro atoms. The Morgan fingerprint density at radius 1 is 1.09 bits per heavy atom. The Kier molecular flexibility index (Phi) is 7.21. The predicted molar refractivity (Wildman–Crippen MR) is 77.0 cm³/mol. The van der Waals surface area contributed by atoms with Crippen LogP contribution < -0.4 is 4.74 Å². The minimum absolute atomic E-state index is 0.0280. The van der Waals surface area contributed by atoms with Crippen molar-refractivity contribution in [3.63, 3.8) is 0 Å². The number of ether oxygens (including phenoxy) is 2. The van der Waals surface area contributed by atoms with E-state index in [1.165, 1.54) is 0 Å². The molecule has 1 aromatic carbocycles. The molecule has 0 heterocycles. The van der Waals surface area contributed by atoms with E-state index in [9.17, 15) is 18.0 Å². The highest BCUT2D eigenvalue weighted by atomic mass is 19.4. The normalized spacial score (nSPS) is 11.3. The summed E-state index contributed by atoms with van der Waals surface area (Å²) in [6.07, 6.45) is -1.37. The lowest BCUT2D eigenvalue weighted by Gasteiger charge is -2.14. The molecule has 0 saturated heterocycles. The molecule has 0 atom stereocenters. The molecule has 0 unspecified atom stereocenters. The molecule has 0 amide bonds. The van der Waals surface area contributed by atoms with Gasteiger partial charge in [0, 0.05) is 0 Å². The van der Waals surface area contributed by atoms with E-state index in [1.807, 2.05) is 13.8 Å². The van der Waals surface area contributed by atoms with Gasteiger partial charge in [-0.1, -0.05) is 26.7 Å². The maximum Gasteiger partial charge on any atom is 0.416 e. The zero-order valence-electron chi connectivity index (χ0n) is 12.8. The van der Waals surface area contributed by atoms with Crippen LogP contribution in [0.25, 0.3) is 0 Å². The number of esters is 1. The fraction of sp³-hybridized carbons (Fsp3) is 0.562. The molecule has 6 heteroatoms. The summed E-state index contributed by atoms with van der Waals surface area (Å²) in [7, 11) is 0. The zero-order chi connectivity index (χ0) is 16.6. The van der Waals surface area contributed by atoms with Gasteiger partial charge in [-0.3, -0.25) is 0 Å². The second-order valence-electron chi connectivity index (χ2n) is 4.90. The highest BCUT2D eigenvalue weighted by Crippen LogP contribution is 2.33. The number of hydrogen-bond acceptors (Lipinski definition) is 3. The van der Waals surface area contributed by atoms with Crippen molar-refractivity contribution in [1.82, 2.24) is 0 Å². The molecule has 0 fully saturated rings. The van der Waals surface area contributed by atoms with Crippen LogP contribution in [0, 0.1) is 0 Å². The van der Waals surface area contributed by atoms with Crippen molar-refractivity contribution in [2.24, 2.45) is 0 Å². The van der Waals surface area contributed by atoms with E-state index in [2.05, 4.69) is 0 Å². The number of carbonyl (C=O) groups is 1. The van der Waals surface area contributed by atoms with Crippen LogP contribution in [0.3, 0.4) is 0 Å². The van der Waals surface area contributed by atoms with Crippen LogP contribution in [0.2, 0.25) is 0 Å². The molecule has 1 rings (SSSR count). The first-order valence-corrected chi connectivity index (χ1v) is 7.41. The van der Waals surface area contributed by atoms with E-state index >= 15 is 0 Å². The summed E-state index contributed by atoms with van der Waals surface area (Å²) in [5.74, 6) is -0.738. The summed E-state index contributed by atoms with van der Waals surface area (Å²) in [6, 6.07) is 2.83. The molecule has 0 saturated carbocycles. The molecular weight excluding hydrogens is 297 g/mol. The number of hydrogen-bond donors (Lipinski definition) is 0. The largest absolute Gasteiger partial charge is 0.493 e. The topological polar surface area (TPSA) is 35.5 Å². The molecule has 0 bridgehead atoms. The third-order valence-corrected chi connectivity index (χ3v) is 3.02. The average molecular weight is 318 g/mol. The molecule has 3 nitrogen and oxygen atoms in total. The zero-order valence-corrected chi connectivity index (χ0v) is 12.8. The third-order valence-electron chi connectivity index (χ3n) is 3.02. The molecule has 0 aliphatic carbocycles. The Bertz CT molecular complexity index is 484. The van der Waals surface area contributed by atoms with E-state index < -0.39 is 17.7 Å². The van der Waals surface area contributed by atoms with Gasteiger partial charge in [0.05, 0.1) is 18.8 Å². The summed E-state index contributed by atoms with van der Waals surface area (Å²) < 4.78 is 48.7. The Morgan fingerprint density at radius 2 is 1.73 bits per heavy atom. The van der Waals surface area contributed by atoms with Gasteiger partial charge >= 0.3 is 12.1 Å². The summed E-state index contributed by atoms with van der Waals surface area (Å²) in [5, 5.41) is 0. The molecule has 0 radical (unpaired) electrons. The third kappa shape index (κ3) is 5.58. The maximum absolute atomic E-state index is 12.8. The summed E-state index contributed by atoms with van der Waals surface area (Å²) in [5.41, 5.74) is -0.815. The van der Waals surface area contributed by atoms with Gasteiger partial charge in [0.1, 0.15) is 11.3 Å². The molecule has 1 aromatic rings. The number of unbranched alkanes of at least 4 members (excludes halogenated alkanes) is 2. The molecule has 22 heavy (non-hydrogen) atoms. The minimum Gasteiger partial charge on any atom is -0.493 e. The van der Waals surface area contributed by atoms with Gasteiger partial charge in [0.15, 0.2) is 0 Å². The Balaban J connectivity index is 2.95. The second kappa shape index (κ2) is 8.66. The van der Waals surface area contributed by atoms with Crippen molar-refractivity contribution in [3.8, 4) is 5.75 Å².